The first kappa shape index (κ1) is 9.46. The number of hydrogen-bond donors (Lipinski definition) is 0. The molecule has 0 atom stereocenters. The molecule has 1 aliphatic rings. The third-order valence-electron chi connectivity index (χ3n) is 2.82. The van der Waals surface area contributed by atoms with E-state index in [0.717, 1.165) is 31.9 Å². The lowest BCUT2D eigenvalue weighted by molar-refractivity contribution is 0.312. The minimum Gasteiger partial charge on any atom is -0.368 e. The van der Waals surface area contributed by atoms with E-state index in [1.807, 2.05) is 12.3 Å². The molecule has 0 unspecified atom stereocenters. The van der Waals surface area contributed by atoms with Gasteiger partial charge in [0.25, 0.3) is 0 Å². The fourth-order valence-electron chi connectivity index (χ4n) is 1.86. The highest BCUT2D eigenvalue weighted by Gasteiger charge is 2.15. The molecule has 0 amide bonds. The topological polar surface area (TPSA) is 19.4 Å². The van der Waals surface area contributed by atoms with E-state index in [4.69, 9.17) is 0 Å². The van der Waals surface area contributed by atoms with Crippen molar-refractivity contribution in [2.45, 2.75) is 6.92 Å². The van der Waals surface area contributed by atoms with Gasteiger partial charge in [0, 0.05) is 32.4 Å². The van der Waals surface area contributed by atoms with Crippen molar-refractivity contribution in [2.75, 3.05) is 38.1 Å². The van der Waals surface area contributed by atoms with Crippen LogP contribution in [0.2, 0.25) is 0 Å². The van der Waals surface area contributed by atoms with Crippen LogP contribution in [0.3, 0.4) is 0 Å². The van der Waals surface area contributed by atoms with Crippen molar-refractivity contribution in [3.63, 3.8) is 0 Å². The standard InChI is InChI=1S/C11H17N3/c1-10-11(4-3-5-12-10)14-8-6-13(2)7-9-14/h3-5H,6-9H2,1-2H3. The summed E-state index contributed by atoms with van der Waals surface area (Å²) in [6, 6.07) is 4.17. The Labute approximate surface area is 85.4 Å². The summed E-state index contributed by atoms with van der Waals surface area (Å²) >= 11 is 0. The van der Waals surface area contributed by atoms with Gasteiger partial charge in [-0.3, -0.25) is 4.98 Å². The summed E-state index contributed by atoms with van der Waals surface area (Å²) < 4.78 is 0. The monoisotopic (exact) mass is 191 g/mol. The number of likely N-dealkylation sites (N-methyl/N-ethyl adjacent to an activating group) is 1. The number of aromatic nitrogens is 1. The Bertz CT molecular complexity index is 303. The molecule has 0 spiro atoms. The summed E-state index contributed by atoms with van der Waals surface area (Å²) in [4.78, 5) is 9.10. The molecule has 1 aliphatic heterocycles. The highest BCUT2D eigenvalue weighted by Crippen LogP contribution is 2.18. The minimum atomic E-state index is 1.11. The molecule has 0 N–H and O–H groups in total. The first-order valence-corrected chi connectivity index (χ1v) is 5.12. The van der Waals surface area contributed by atoms with E-state index in [1.54, 1.807) is 0 Å². The molecule has 76 valence electrons. The predicted octanol–water partition coefficient (Wildman–Crippen LogP) is 1.14. The number of rotatable bonds is 1. The van der Waals surface area contributed by atoms with Crippen LogP contribution in [0.1, 0.15) is 5.69 Å². The van der Waals surface area contributed by atoms with E-state index in [2.05, 4.69) is 34.8 Å². The van der Waals surface area contributed by atoms with Crippen molar-refractivity contribution >= 4 is 5.69 Å². The average molecular weight is 191 g/mol. The third-order valence-corrected chi connectivity index (χ3v) is 2.82. The highest BCUT2D eigenvalue weighted by molar-refractivity contribution is 5.50. The fourth-order valence-corrected chi connectivity index (χ4v) is 1.86. The fraction of sp³-hybridized carbons (Fsp3) is 0.545. The van der Waals surface area contributed by atoms with Crippen LogP contribution in [0, 0.1) is 6.92 Å². The predicted molar refractivity (Wildman–Crippen MR) is 58.7 cm³/mol. The van der Waals surface area contributed by atoms with Gasteiger partial charge in [0.2, 0.25) is 0 Å². The molecule has 3 nitrogen and oxygen atoms in total. The molecule has 1 fully saturated rings. The average Bonchev–Trinajstić information content (AvgIpc) is 2.20. The second kappa shape index (κ2) is 3.96. The van der Waals surface area contributed by atoms with Gasteiger partial charge in [0.05, 0.1) is 11.4 Å². The van der Waals surface area contributed by atoms with Crippen molar-refractivity contribution < 1.29 is 0 Å². The zero-order valence-electron chi connectivity index (χ0n) is 8.90. The van der Waals surface area contributed by atoms with Crippen LogP contribution in [0.25, 0.3) is 0 Å². The maximum Gasteiger partial charge on any atom is 0.0605 e. The lowest BCUT2D eigenvalue weighted by Gasteiger charge is -2.34. The van der Waals surface area contributed by atoms with Gasteiger partial charge in [-0.2, -0.15) is 0 Å². The van der Waals surface area contributed by atoms with Gasteiger partial charge in [-0.15, -0.1) is 0 Å². The molecule has 1 aromatic rings. The zero-order chi connectivity index (χ0) is 9.97. The quantitative estimate of drug-likeness (QED) is 0.663. The Balaban J connectivity index is 2.12. The molecule has 14 heavy (non-hydrogen) atoms. The molecule has 0 aromatic carbocycles. The highest BCUT2D eigenvalue weighted by atomic mass is 15.2. The minimum absolute atomic E-state index is 1.11. The van der Waals surface area contributed by atoms with Gasteiger partial charge in [-0.25, -0.2) is 0 Å². The first-order chi connectivity index (χ1) is 6.77. The molecule has 2 rings (SSSR count). The number of hydrogen-bond acceptors (Lipinski definition) is 3. The number of aryl methyl sites for hydroxylation is 1. The van der Waals surface area contributed by atoms with Gasteiger partial charge < -0.3 is 9.80 Å². The lowest BCUT2D eigenvalue weighted by atomic mass is 10.2. The molecule has 1 saturated heterocycles. The molecule has 0 bridgehead atoms. The summed E-state index contributed by atoms with van der Waals surface area (Å²) in [5.74, 6) is 0. The van der Waals surface area contributed by atoms with Gasteiger partial charge in [-0.05, 0) is 26.1 Å². The Hall–Kier alpha value is -1.09. The second-order valence-electron chi connectivity index (χ2n) is 3.90. The van der Waals surface area contributed by atoms with Crippen LogP contribution in [0.15, 0.2) is 18.3 Å². The molecule has 2 heterocycles. The van der Waals surface area contributed by atoms with Crippen LogP contribution in [-0.4, -0.2) is 43.1 Å². The summed E-state index contributed by atoms with van der Waals surface area (Å²) in [7, 11) is 2.17. The normalized spacial score (nSPS) is 18.6. The van der Waals surface area contributed by atoms with Crippen molar-refractivity contribution in [1.29, 1.82) is 0 Å². The van der Waals surface area contributed by atoms with Crippen LogP contribution in [-0.2, 0) is 0 Å². The number of nitrogens with zero attached hydrogens (tertiary/aromatic N) is 3. The molecule has 0 aliphatic carbocycles. The van der Waals surface area contributed by atoms with E-state index < -0.39 is 0 Å². The smallest absolute Gasteiger partial charge is 0.0605 e. The Kier molecular flexibility index (Phi) is 2.68. The molecular weight excluding hydrogens is 174 g/mol. The van der Waals surface area contributed by atoms with Crippen LogP contribution >= 0.6 is 0 Å². The summed E-state index contributed by atoms with van der Waals surface area (Å²) in [5, 5.41) is 0. The van der Waals surface area contributed by atoms with Crippen LogP contribution < -0.4 is 4.90 Å². The zero-order valence-corrected chi connectivity index (χ0v) is 8.90. The van der Waals surface area contributed by atoms with Crippen molar-refractivity contribution in [3.05, 3.63) is 24.0 Å². The maximum absolute atomic E-state index is 4.32. The van der Waals surface area contributed by atoms with Gasteiger partial charge >= 0.3 is 0 Å². The largest absolute Gasteiger partial charge is 0.368 e. The number of anilines is 1. The lowest BCUT2D eigenvalue weighted by Crippen LogP contribution is -2.44. The van der Waals surface area contributed by atoms with E-state index in [0.29, 0.717) is 0 Å². The van der Waals surface area contributed by atoms with Gasteiger partial charge in [-0.1, -0.05) is 0 Å². The second-order valence-corrected chi connectivity index (χ2v) is 3.90. The SMILES string of the molecule is Cc1ncccc1N1CCN(C)CC1. The maximum atomic E-state index is 4.32. The summed E-state index contributed by atoms with van der Waals surface area (Å²) in [6.07, 6.45) is 1.86. The van der Waals surface area contributed by atoms with Crippen LogP contribution in [0.4, 0.5) is 5.69 Å². The molecule has 0 saturated carbocycles. The molecule has 3 heteroatoms. The third kappa shape index (κ3) is 1.87. The number of pyridine rings is 1. The van der Waals surface area contributed by atoms with E-state index in [1.165, 1.54) is 5.69 Å². The van der Waals surface area contributed by atoms with Crippen molar-refractivity contribution in [1.82, 2.24) is 9.88 Å². The molecular formula is C11H17N3. The molecule has 1 aromatic heterocycles. The van der Waals surface area contributed by atoms with Crippen molar-refractivity contribution in [2.24, 2.45) is 0 Å². The Morgan fingerprint density at radius 1 is 1.21 bits per heavy atom. The van der Waals surface area contributed by atoms with E-state index >= 15 is 0 Å². The first-order valence-electron chi connectivity index (χ1n) is 5.12. The van der Waals surface area contributed by atoms with Crippen LogP contribution in [0.5, 0.6) is 0 Å². The Morgan fingerprint density at radius 2 is 1.93 bits per heavy atom. The Morgan fingerprint density at radius 3 is 2.57 bits per heavy atom. The van der Waals surface area contributed by atoms with E-state index in [9.17, 15) is 0 Å². The van der Waals surface area contributed by atoms with Gasteiger partial charge in [0.15, 0.2) is 0 Å². The van der Waals surface area contributed by atoms with Crippen molar-refractivity contribution in [3.8, 4) is 0 Å². The summed E-state index contributed by atoms with van der Waals surface area (Å²) in [6.45, 7) is 6.60. The van der Waals surface area contributed by atoms with Gasteiger partial charge in [0.1, 0.15) is 0 Å². The summed E-state index contributed by atoms with van der Waals surface area (Å²) in [5.41, 5.74) is 2.43. The number of piperazine rings is 1. The van der Waals surface area contributed by atoms with E-state index in [-0.39, 0.29) is 0 Å². The molecule has 0 radical (unpaired) electrons.